The van der Waals surface area contributed by atoms with Crippen LogP contribution in [0, 0.1) is 6.92 Å². The van der Waals surface area contributed by atoms with E-state index in [4.69, 9.17) is 10.5 Å². The zero-order valence-electron chi connectivity index (χ0n) is 10.7. The molecule has 0 spiro atoms. The Hall–Kier alpha value is -1.48. The van der Waals surface area contributed by atoms with Gasteiger partial charge in [-0.2, -0.15) is 0 Å². The van der Waals surface area contributed by atoms with Crippen LogP contribution in [0.15, 0.2) is 18.3 Å². The van der Waals surface area contributed by atoms with Crippen molar-refractivity contribution in [1.29, 1.82) is 0 Å². The maximum absolute atomic E-state index is 5.80. The van der Waals surface area contributed by atoms with Gasteiger partial charge in [-0.1, -0.05) is 0 Å². The van der Waals surface area contributed by atoms with E-state index >= 15 is 0 Å². The number of hydrogen-bond donors (Lipinski definition) is 2. The van der Waals surface area contributed by atoms with E-state index < -0.39 is 0 Å². The summed E-state index contributed by atoms with van der Waals surface area (Å²) >= 11 is 0. The molecule has 0 fully saturated rings. The van der Waals surface area contributed by atoms with E-state index in [9.17, 15) is 0 Å². The molecule has 1 aromatic carbocycles. The van der Waals surface area contributed by atoms with E-state index in [1.807, 2.05) is 13.0 Å². The number of nitrogens with one attached hydrogen (secondary N) is 1. The number of aromatic amines is 1. The van der Waals surface area contributed by atoms with E-state index in [1.165, 1.54) is 16.5 Å². The number of methoxy groups -OCH3 is 1. The second kappa shape index (κ2) is 4.80. The van der Waals surface area contributed by atoms with E-state index in [0.29, 0.717) is 0 Å². The average Bonchev–Trinajstić information content (AvgIpc) is 2.68. The predicted octanol–water partition coefficient (Wildman–Crippen LogP) is 2.76. The van der Waals surface area contributed by atoms with Gasteiger partial charge in [0.05, 0.1) is 12.6 Å². The molecule has 3 nitrogen and oxygen atoms in total. The Labute approximate surface area is 102 Å². The molecule has 1 heterocycles. The van der Waals surface area contributed by atoms with Crippen LogP contribution in [0.4, 0.5) is 0 Å². The van der Waals surface area contributed by atoms with Crippen LogP contribution < -0.4 is 10.5 Å². The molecule has 0 amide bonds. The minimum atomic E-state index is 0.242. The zero-order chi connectivity index (χ0) is 12.4. The minimum Gasteiger partial charge on any atom is -0.495 e. The van der Waals surface area contributed by atoms with Gasteiger partial charge in [-0.05, 0) is 49.9 Å². The Balaban J connectivity index is 2.41. The smallest absolute Gasteiger partial charge is 0.143 e. The number of aryl methyl sites for hydroxylation is 2. The van der Waals surface area contributed by atoms with Crippen molar-refractivity contribution in [2.75, 3.05) is 7.11 Å². The zero-order valence-corrected chi connectivity index (χ0v) is 10.7. The summed E-state index contributed by atoms with van der Waals surface area (Å²) in [5.74, 6) is 0.909. The first-order chi connectivity index (χ1) is 8.11. The fourth-order valence-electron chi connectivity index (χ4n) is 2.14. The van der Waals surface area contributed by atoms with Crippen LogP contribution in [0.3, 0.4) is 0 Å². The number of nitrogens with two attached hydrogens (primary N) is 1. The molecule has 2 aromatic rings. The Bertz CT molecular complexity index is 514. The minimum absolute atomic E-state index is 0.242. The Morgan fingerprint density at radius 3 is 2.82 bits per heavy atom. The highest BCUT2D eigenvalue weighted by Gasteiger charge is 2.09. The molecule has 0 saturated carbocycles. The van der Waals surface area contributed by atoms with Crippen molar-refractivity contribution >= 4 is 10.9 Å². The summed E-state index contributed by atoms with van der Waals surface area (Å²) in [6, 6.07) is 4.49. The highest BCUT2D eigenvalue weighted by atomic mass is 16.5. The van der Waals surface area contributed by atoms with Gasteiger partial charge in [0.15, 0.2) is 0 Å². The lowest BCUT2D eigenvalue weighted by atomic mass is 10.0. The summed E-state index contributed by atoms with van der Waals surface area (Å²) in [6.07, 6.45) is 4.07. The summed E-state index contributed by atoms with van der Waals surface area (Å²) in [5.41, 5.74) is 9.42. The number of ether oxygens (including phenoxy) is 1. The third-order valence-electron chi connectivity index (χ3n) is 3.07. The average molecular weight is 232 g/mol. The van der Waals surface area contributed by atoms with Crippen LogP contribution in [0.2, 0.25) is 0 Å². The lowest BCUT2D eigenvalue weighted by Gasteiger charge is -2.06. The number of rotatable bonds is 4. The topological polar surface area (TPSA) is 51.0 Å². The summed E-state index contributed by atoms with van der Waals surface area (Å²) in [4.78, 5) is 3.29. The molecule has 3 heteroatoms. The third kappa shape index (κ3) is 2.44. The van der Waals surface area contributed by atoms with Gasteiger partial charge < -0.3 is 15.5 Å². The number of H-pyrrole nitrogens is 1. The van der Waals surface area contributed by atoms with E-state index in [0.717, 1.165) is 24.1 Å². The monoisotopic (exact) mass is 232 g/mol. The van der Waals surface area contributed by atoms with Crippen LogP contribution in [-0.2, 0) is 6.42 Å². The fraction of sp³-hybridized carbons (Fsp3) is 0.429. The summed E-state index contributed by atoms with van der Waals surface area (Å²) in [6.45, 7) is 4.13. The van der Waals surface area contributed by atoms with Crippen LogP contribution in [-0.4, -0.2) is 18.1 Å². The first-order valence-electron chi connectivity index (χ1n) is 6.02. The first-order valence-corrected chi connectivity index (χ1v) is 6.02. The standard InChI is InChI=1S/C14H20N2O/c1-9-6-12-11(5-4-10(2)15)8-16-14(12)13(7-9)17-3/h6-8,10,16H,4-5,15H2,1-3H3. The van der Waals surface area contributed by atoms with E-state index in [-0.39, 0.29) is 6.04 Å². The molecular formula is C14H20N2O. The Morgan fingerprint density at radius 2 is 2.18 bits per heavy atom. The Kier molecular flexibility index (Phi) is 3.38. The van der Waals surface area contributed by atoms with Gasteiger partial charge in [-0.3, -0.25) is 0 Å². The molecule has 0 aliphatic heterocycles. The summed E-state index contributed by atoms with van der Waals surface area (Å²) in [5, 5.41) is 1.25. The molecule has 92 valence electrons. The van der Waals surface area contributed by atoms with Gasteiger partial charge in [0.2, 0.25) is 0 Å². The maximum atomic E-state index is 5.80. The van der Waals surface area contributed by atoms with Gasteiger partial charge >= 0.3 is 0 Å². The molecule has 0 radical (unpaired) electrons. The SMILES string of the molecule is COc1cc(C)cc2c(CCC(C)N)c[nH]c12. The van der Waals surface area contributed by atoms with E-state index in [1.54, 1.807) is 7.11 Å². The molecule has 0 aliphatic carbocycles. The molecule has 3 N–H and O–H groups in total. The van der Waals surface area contributed by atoms with Gasteiger partial charge in [0.1, 0.15) is 5.75 Å². The molecule has 17 heavy (non-hydrogen) atoms. The second-order valence-corrected chi connectivity index (χ2v) is 4.72. The van der Waals surface area contributed by atoms with Crippen molar-refractivity contribution in [2.24, 2.45) is 5.73 Å². The predicted molar refractivity (Wildman–Crippen MR) is 71.6 cm³/mol. The Morgan fingerprint density at radius 1 is 1.41 bits per heavy atom. The lowest BCUT2D eigenvalue weighted by molar-refractivity contribution is 0.418. The van der Waals surface area contributed by atoms with Crippen LogP contribution in [0.5, 0.6) is 5.75 Å². The van der Waals surface area contributed by atoms with Gasteiger partial charge in [0.25, 0.3) is 0 Å². The highest BCUT2D eigenvalue weighted by molar-refractivity contribution is 5.89. The molecule has 1 unspecified atom stereocenters. The van der Waals surface area contributed by atoms with E-state index in [2.05, 4.69) is 24.2 Å². The van der Waals surface area contributed by atoms with Crippen molar-refractivity contribution in [1.82, 2.24) is 4.98 Å². The normalized spacial score (nSPS) is 12.9. The highest BCUT2D eigenvalue weighted by Crippen LogP contribution is 2.29. The van der Waals surface area contributed by atoms with Crippen molar-refractivity contribution < 1.29 is 4.74 Å². The van der Waals surface area contributed by atoms with Crippen LogP contribution in [0.1, 0.15) is 24.5 Å². The third-order valence-corrected chi connectivity index (χ3v) is 3.07. The first kappa shape index (κ1) is 12.0. The molecule has 1 atom stereocenters. The molecule has 0 saturated heterocycles. The number of hydrogen-bond acceptors (Lipinski definition) is 2. The van der Waals surface area contributed by atoms with Crippen LogP contribution >= 0.6 is 0 Å². The number of benzene rings is 1. The fourth-order valence-corrected chi connectivity index (χ4v) is 2.14. The van der Waals surface area contributed by atoms with Crippen molar-refractivity contribution in [3.63, 3.8) is 0 Å². The summed E-state index contributed by atoms with van der Waals surface area (Å²) in [7, 11) is 1.71. The quantitative estimate of drug-likeness (QED) is 0.851. The molecule has 1 aromatic heterocycles. The van der Waals surface area contributed by atoms with Gasteiger partial charge in [0, 0.05) is 17.6 Å². The van der Waals surface area contributed by atoms with Crippen molar-refractivity contribution in [3.05, 3.63) is 29.5 Å². The maximum Gasteiger partial charge on any atom is 0.143 e. The van der Waals surface area contributed by atoms with Crippen molar-refractivity contribution in [3.8, 4) is 5.75 Å². The van der Waals surface area contributed by atoms with Crippen LogP contribution in [0.25, 0.3) is 10.9 Å². The number of aromatic nitrogens is 1. The molecule has 2 rings (SSSR count). The second-order valence-electron chi connectivity index (χ2n) is 4.72. The van der Waals surface area contributed by atoms with Gasteiger partial charge in [-0.25, -0.2) is 0 Å². The molecule has 0 bridgehead atoms. The number of fused-ring (bicyclic) bond motifs is 1. The van der Waals surface area contributed by atoms with Gasteiger partial charge in [-0.15, -0.1) is 0 Å². The molecular weight excluding hydrogens is 212 g/mol. The van der Waals surface area contributed by atoms with Crippen molar-refractivity contribution in [2.45, 2.75) is 32.7 Å². The summed E-state index contributed by atoms with van der Waals surface area (Å²) < 4.78 is 5.39. The lowest BCUT2D eigenvalue weighted by Crippen LogP contribution is -2.15. The largest absolute Gasteiger partial charge is 0.495 e. The molecule has 0 aliphatic rings.